The van der Waals surface area contributed by atoms with Gasteiger partial charge in [0, 0.05) is 24.0 Å². The summed E-state index contributed by atoms with van der Waals surface area (Å²) < 4.78 is 13.0. The van der Waals surface area contributed by atoms with Gasteiger partial charge in [0.2, 0.25) is 5.91 Å². The summed E-state index contributed by atoms with van der Waals surface area (Å²) in [6.45, 7) is 4.62. The van der Waals surface area contributed by atoms with Gasteiger partial charge in [-0.3, -0.25) is 19.7 Å². The number of allylic oxidation sites excluding steroid dienone is 1. The van der Waals surface area contributed by atoms with E-state index in [-0.39, 0.29) is 11.3 Å². The van der Waals surface area contributed by atoms with E-state index in [1.54, 1.807) is 13.0 Å². The fraction of sp³-hybridized carbons (Fsp3) is 0.150. The van der Waals surface area contributed by atoms with E-state index in [0.29, 0.717) is 5.69 Å². The standard InChI is InChI=1S/C20H20FN3O3/c1-12-6-4-5-7-17(12)22-13(2)18(19(26)23-14(3)25)20(27)24-16-10-8-15(21)9-11-16/h4-11,22H,1-3H3,(H,24,27)(H,23,25,26)/b18-13-. The quantitative estimate of drug-likeness (QED) is 0.429. The first-order valence-corrected chi connectivity index (χ1v) is 8.20. The van der Waals surface area contributed by atoms with Gasteiger partial charge in [0.25, 0.3) is 11.8 Å². The summed E-state index contributed by atoms with van der Waals surface area (Å²) in [5, 5.41) is 7.66. The molecule has 0 fully saturated rings. The number of benzene rings is 2. The number of hydrogen-bond acceptors (Lipinski definition) is 4. The number of aryl methyl sites for hydroxylation is 1. The van der Waals surface area contributed by atoms with Crippen LogP contribution in [0.25, 0.3) is 0 Å². The van der Waals surface area contributed by atoms with Crippen LogP contribution >= 0.6 is 0 Å². The normalized spacial score (nSPS) is 11.3. The number of amides is 3. The molecule has 0 heterocycles. The molecular formula is C20H20FN3O3. The summed E-state index contributed by atoms with van der Waals surface area (Å²) in [6.07, 6.45) is 0. The van der Waals surface area contributed by atoms with E-state index in [1.807, 2.05) is 25.1 Å². The minimum absolute atomic E-state index is 0.252. The topological polar surface area (TPSA) is 87.3 Å². The fourth-order valence-corrected chi connectivity index (χ4v) is 2.37. The van der Waals surface area contributed by atoms with E-state index in [2.05, 4.69) is 16.0 Å². The molecule has 0 saturated heterocycles. The van der Waals surface area contributed by atoms with Crippen LogP contribution in [-0.4, -0.2) is 17.7 Å². The lowest BCUT2D eigenvalue weighted by molar-refractivity contribution is -0.128. The number of halogens is 1. The molecule has 0 spiro atoms. The molecule has 0 unspecified atom stereocenters. The Morgan fingerprint density at radius 1 is 0.852 bits per heavy atom. The Balaban J connectivity index is 2.35. The highest BCUT2D eigenvalue weighted by molar-refractivity contribution is 6.25. The second-order valence-electron chi connectivity index (χ2n) is 5.91. The smallest absolute Gasteiger partial charge is 0.265 e. The summed E-state index contributed by atoms with van der Waals surface area (Å²) in [4.78, 5) is 36.3. The van der Waals surface area contributed by atoms with Crippen LogP contribution in [0.15, 0.2) is 59.8 Å². The molecule has 0 saturated carbocycles. The maximum absolute atomic E-state index is 13.0. The second-order valence-corrected chi connectivity index (χ2v) is 5.91. The molecule has 6 nitrogen and oxygen atoms in total. The molecule has 140 valence electrons. The summed E-state index contributed by atoms with van der Waals surface area (Å²) in [6, 6.07) is 12.5. The first-order valence-electron chi connectivity index (χ1n) is 8.20. The highest BCUT2D eigenvalue weighted by Gasteiger charge is 2.23. The Labute approximate surface area is 156 Å². The van der Waals surface area contributed by atoms with Crippen molar-refractivity contribution in [3.8, 4) is 0 Å². The molecule has 0 aliphatic carbocycles. The highest BCUT2D eigenvalue weighted by atomic mass is 19.1. The third kappa shape index (κ3) is 5.50. The van der Waals surface area contributed by atoms with Crippen LogP contribution in [0.5, 0.6) is 0 Å². The van der Waals surface area contributed by atoms with Gasteiger partial charge in [-0.1, -0.05) is 18.2 Å². The summed E-state index contributed by atoms with van der Waals surface area (Å²) >= 11 is 0. The van der Waals surface area contributed by atoms with Crippen molar-refractivity contribution in [2.75, 3.05) is 10.6 Å². The Hall–Kier alpha value is -3.48. The van der Waals surface area contributed by atoms with Crippen LogP contribution in [0.4, 0.5) is 15.8 Å². The number of hydrogen-bond donors (Lipinski definition) is 3. The molecule has 2 aromatic rings. The maximum atomic E-state index is 13.0. The number of rotatable bonds is 5. The van der Waals surface area contributed by atoms with Gasteiger partial charge < -0.3 is 10.6 Å². The van der Waals surface area contributed by atoms with Crippen molar-refractivity contribution in [1.29, 1.82) is 0 Å². The molecule has 0 radical (unpaired) electrons. The second kappa shape index (κ2) is 8.75. The zero-order valence-electron chi connectivity index (χ0n) is 15.2. The van der Waals surface area contributed by atoms with E-state index < -0.39 is 23.5 Å². The molecule has 3 N–H and O–H groups in total. The lowest BCUT2D eigenvalue weighted by Crippen LogP contribution is -2.35. The van der Waals surface area contributed by atoms with Gasteiger partial charge in [0.1, 0.15) is 11.4 Å². The van der Waals surface area contributed by atoms with Crippen molar-refractivity contribution in [3.05, 3.63) is 71.2 Å². The zero-order chi connectivity index (χ0) is 20.0. The molecule has 3 amide bonds. The van der Waals surface area contributed by atoms with E-state index in [1.165, 1.54) is 31.2 Å². The number of imide groups is 1. The molecule has 0 aliphatic heterocycles. The monoisotopic (exact) mass is 369 g/mol. The maximum Gasteiger partial charge on any atom is 0.265 e. The molecule has 27 heavy (non-hydrogen) atoms. The molecule has 7 heteroatoms. The van der Waals surface area contributed by atoms with Gasteiger partial charge in [-0.05, 0) is 49.7 Å². The summed E-state index contributed by atoms with van der Waals surface area (Å²) in [5.41, 5.74) is 1.97. The predicted molar refractivity (Wildman–Crippen MR) is 101 cm³/mol. The molecular weight excluding hydrogens is 349 g/mol. The van der Waals surface area contributed by atoms with Crippen LogP contribution in [0.3, 0.4) is 0 Å². The molecule has 0 bridgehead atoms. The van der Waals surface area contributed by atoms with Gasteiger partial charge in [-0.15, -0.1) is 0 Å². The lowest BCUT2D eigenvalue weighted by atomic mass is 10.1. The Kier molecular flexibility index (Phi) is 6.43. The summed E-state index contributed by atoms with van der Waals surface area (Å²) in [5.74, 6) is -2.59. The van der Waals surface area contributed by atoms with Gasteiger partial charge in [-0.25, -0.2) is 4.39 Å². The molecule has 0 aliphatic rings. The van der Waals surface area contributed by atoms with Crippen molar-refractivity contribution in [2.24, 2.45) is 0 Å². The Morgan fingerprint density at radius 3 is 2.07 bits per heavy atom. The predicted octanol–water partition coefficient (Wildman–Crippen LogP) is 3.12. The van der Waals surface area contributed by atoms with Crippen molar-refractivity contribution in [2.45, 2.75) is 20.8 Å². The largest absolute Gasteiger partial charge is 0.358 e. The third-order valence-electron chi connectivity index (χ3n) is 3.69. The van der Waals surface area contributed by atoms with Crippen LogP contribution in [0.2, 0.25) is 0 Å². The van der Waals surface area contributed by atoms with Crippen LogP contribution in [0, 0.1) is 12.7 Å². The number of anilines is 2. The molecule has 2 aromatic carbocycles. The van der Waals surface area contributed by atoms with Crippen molar-refractivity contribution in [3.63, 3.8) is 0 Å². The Morgan fingerprint density at radius 2 is 1.48 bits per heavy atom. The van der Waals surface area contributed by atoms with Gasteiger partial charge in [0.05, 0.1) is 0 Å². The van der Waals surface area contributed by atoms with Crippen molar-refractivity contribution >= 4 is 29.1 Å². The van der Waals surface area contributed by atoms with Crippen LogP contribution in [0.1, 0.15) is 19.4 Å². The van der Waals surface area contributed by atoms with Gasteiger partial charge >= 0.3 is 0 Å². The average Bonchev–Trinajstić information content (AvgIpc) is 2.58. The number of carbonyl (C=O) groups is 3. The van der Waals surface area contributed by atoms with E-state index in [4.69, 9.17) is 0 Å². The zero-order valence-corrected chi connectivity index (χ0v) is 15.2. The highest BCUT2D eigenvalue weighted by Crippen LogP contribution is 2.18. The molecule has 0 atom stereocenters. The lowest BCUT2D eigenvalue weighted by Gasteiger charge is -2.15. The van der Waals surface area contributed by atoms with Crippen LogP contribution in [-0.2, 0) is 14.4 Å². The Bertz CT molecular complexity index is 905. The van der Waals surface area contributed by atoms with Crippen molar-refractivity contribution < 1.29 is 18.8 Å². The van der Waals surface area contributed by atoms with E-state index in [0.717, 1.165) is 11.3 Å². The molecule has 2 rings (SSSR count). The SMILES string of the molecule is CC(=O)NC(=O)/C(C(=O)Nc1ccc(F)cc1)=C(\C)Nc1ccccc1C. The fourth-order valence-electron chi connectivity index (χ4n) is 2.37. The number of para-hydroxylation sites is 1. The minimum Gasteiger partial charge on any atom is -0.358 e. The molecule has 0 aromatic heterocycles. The summed E-state index contributed by atoms with van der Waals surface area (Å²) in [7, 11) is 0. The minimum atomic E-state index is -0.833. The van der Waals surface area contributed by atoms with E-state index >= 15 is 0 Å². The van der Waals surface area contributed by atoms with Crippen molar-refractivity contribution in [1.82, 2.24) is 5.32 Å². The first kappa shape index (κ1) is 19.8. The van der Waals surface area contributed by atoms with Gasteiger partial charge in [-0.2, -0.15) is 0 Å². The average molecular weight is 369 g/mol. The van der Waals surface area contributed by atoms with E-state index in [9.17, 15) is 18.8 Å². The van der Waals surface area contributed by atoms with Gasteiger partial charge in [0.15, 0.2) is 0 Å². The first-order chi connectivity index (χ1) is 12.8. The number of nitrogens with one attached hydrogen (secondary N) is 3. The van der Waals surface area contributed by atoms with Crippen LogP contribution < -0.4 is 16.0 Å². The number of carbonyl (C=O) groups excluding carboxylic acids is 3. The third-order valence-corrected chi connectivity index (χ3v) is 3.69.